The van der Waals surface area contributed by atoms with Crippen molar-refractivity contribution >= 4 is 43.1 Å². The molecule has 1 atom stereocenters. The van der Waals surface area contributed by atoms with Crippen molar-refractivity contribution in [3.05, 3.63) is 35.5 Å². The van der Waals surface area contributed by atoms with Crippen molar-refractivity contribution in [1.82, 2.24) is 19.3 Å². The van der Waals surface area contributed by atoms with Crippen LogP contribution in [0.2, 0.25) is 5.02 Å². The second-order valence-electron chi connectivity index (χ2n) is 7.04. The van der Waals surface area contributed by atoms with Gasteiger partial charge in [-0.1, -0.05) is 35.1 Å². The molecule has 1 aliphatic heterocycles. The molecule has 0 spiro atoms. The van der Waals surface area contributed by atoms with Crippen LogP contribution in [0.15, 0.2) is 30.5 Å². The van der Waals surface area contributed by atoms with Crippen molar-refractivity contribution in [3.8, 4) is 11.3 Å². The molecule has 0 bridgehead atoms. The van der Waals surface area contributed by atoms with Gasteiger partial charge in [0.15, 0.2) is 0 Å². The summed E-state index contributed by atoms with van der Waals surface area (Å²) in [6.45, 7) is 1.38. The lowest BCUT2D eigenvalue weighted by Crippen LogP contribution is -2.41. The third-order valence-electron chi connectivity index (χ3n) is 4.89. The van der Waals surface area contributed by atoms with Crippen LogP contribution in [0.3, 0.4) is 0 Å². The molecule has 2 aromatic heterocycles. The van der Waals surface area contributed by atoms with Gasteiger partial charge in [0.25, 0.3) is 0 Å². The monoisotopic (exact) mass is 439 g/mol. The summed E-state index contributed by atoms with van der Waals surface area (Å²) in [6, 6.07) is 7.89. The number of imidazole rings is 1. The number of fused-ring (bicyclic) bond motifs is 1. The molecule has 1 fully saturated rings. The number of piperidine rings is 1. The molecule has 1 unspecified atom stereocenters. The molecule has 10 heteroatoms. The predicted octanol–water partition coefficient (Wildman–Crippen LogP) is 3.41. The molecule has 1 aliphatic rings. The molecule has 0 radical (unpaired) electrons. The van der Waals surface area contributed by atoms with E-state index in [1.807, 2.05) is 35.0 Å². The van der Waals surface area contributed by atoms with Gasteiger partial charge >= 0.3 is 0 Å². The first kappa shape index (κ1) is 19.6. The van der Waals surface area contributed by atoms with Gasteiger partial charge in [0.05, 0.1) is 18.1 Å². The summed E-state index contributed by atoms with van der Waals surface area (Å²) in [4.78, 5) is 7.85. The first-order valence-electron chi connectivity index (χ1n) is 9.22. The van der Waals surface area contributed by atoms with Crippen LogP contribution in [-0.4, -0.2) is 48.4 Å². The molecule has 0 aliphatic carbocycles. The Kier molecular flexibility index (Phi) is 5.59. The molecule has 4 rings (SSSR count). The van der Waals surface area contributed by atoms with Gasteiger partial charge < -0.3 is 4.90 Å². The fourth-order valence-electron chi connectivity index (χ4n) is 3.53. The van der Waals surface area contributed by atoms with Crippen LogP contribution in [0.4, 0.5) is 5.13 Å². The molecule has 0 saturated carbocycles. The van der Waals surface area contributed by atoms with Crippen LogP contribution in [0.25, 0.3) is 16.2 Å². The molecule has 28 heavy (non-hydrogen) atoms. The zero-order valence-corrected chi connectivity index (χ0v) is 17.9. The second kappa shape index (κ2) is 7.98. The van der Waals surface area contributed by atoms with Gasteiger partial charge in [-0.3, -0.25) is 0 Å². The molecule has 0 amide bonds. The van der Waals surface area contributed by atoms with E-state index in [1.54, 1.807) is 11.3 Å². The zero-order valence-electron chi connectivity index (χ0n) is 15.5. The summed E-state index contributed by atoms with van der Waals surface area (Å²) >= 11 is 7.53. The van der Waals surface area contributed by atoms with Crippen LogP contribution >= 0.6 is 22.9 Å². The molecule has 3 heterocycles. The SMILES string of the molecule is CS(=O)(=O)NCCC1CCCCN1c1nn2cc(-c3ccc(Cl)cc3)nc2s1. The molecule has 7 nitrogen and oxygen atoms in total. The van der Waals surface area contributed by atoms with E-state index in [9.17, 15) is 8.42 Å². The van der Waals surface area contributed by atoms with Crippen molar-refractivity contribution in [1.29, 1.82) is 0 Å². The zero-order chi connectivity index (χ0) is 19.7. The predicted molar refractivity (Wildman–Crippen MR) is 114 cm³/mol. The summed E-state index contributed by atoms with van der Waals surface area (Å²) in [5.41, 5.74) is 1.88. The first-order chi connectivity index (χ1) is 13.4. The maximum absolute atomic E-state index is 11.3. The van der Waals surface area contributed by atoms with Gasteiger partial charge in [-0.05, 0) is 37.8 Å². The Hall–Kier alpha value is -1.68. The highest BCUT2D eigenvalue weighted by Crippen LogP contribution is 2.31. The second-order valence-corrected chi connectivity index (χ2v) is 10.2. The smallest absolute Gasteiger partial charge is 0.214 e. The van der Waals surface area contributed by atoms with Crippen LogP contribution in [-0.2, 0) is 10.0 Å². The fourth-order valence-corrected chi connectivity index (χ4v) is 5.12. The average Bonchev–Trinajstić information content (AvgIpc) is 3.21. The summed E-state index contributed by atoms with van der Waals surface area (Å²) in [5, 5.41) is 6.38. The number of hydrogen-bond acceptors (Lipinski definition) is 6. The maximum atomic E-state index is 11.3. The number of nitrogens with one attached hydrogen (secondary N) is 1. The van der Waals surface area contributed by atoms with E-state index < -0.39 is 10.0 Å². The van der Waals surface area contributed by atoms with Crippen LogP contribution in [0, 0.1) is 0 Å². The number of aromatic nitrogens is 3. The lowest BCUT2D eigenvalue weighted by molar-refractivity contribution is 0.435. The average molecular weight is 440 g/mol. The Labute approximate surface area is 173 Å². The number of hydrogen-bond donors (Lipinski definition) is 1. The van der Waals surface area contributed by atoms with Crippen LogP contribution < -0.4 is 9.62 Å². The Morgan fingerprint density at radius 3 is 2.79 bits per heavy atom. The highest BCUT2D eigenvalue weighted by Gasteiger charge is 2.26. The summed E-state index contributed by atoms with van der Waals surface area (Å²) in [5.74, 6) is 0. The van der Waals surface area contributed by atoms with E-state index >= 15 is 0 Å². The Bertz CT molecular complexity index is 1030. The lowest BCUT2D eigenvalue weighted by Gasteiger charge is -2.35. The molecule has 1 saturated heterocycles. The fraction of sp³-hybridized carbons (Fsp3) is 0.444. The van der Waals surface area contributed by atoms with Crippen molar-refractivity contribution in [2.24, 2.45) is 0 Å². The van der Waals surface area contributed by atoms with Gasteiger partial charge in [0.2, 0.25) is 20.1 Å². The highest BCUT2D eigenvalue weighted by molar-refractivity contribution is 7.88. The van der Waals surface area contributed by atoms with Gasteiger partial charge in [-0.25, -0.2) is 22.6 Å². The third-order valence-corrected chi connectivity index (χ3v) is 6.83. The largest absolute Gasteiger partial charge is 0.344 e. The van der Waals surface area contributed by atoms with Gasteiger partial charge in [0, 0.05) is 29.7 Å². The first-order valence-corrected chi connectivity index (χ1v) is 12.3. The summed E-state index contributed by atoms with van der Waals surface area (Å²) in [6.07, 6.45) is 7.22. The van der Waals surface area contributed by atoms with Crippen molar-refractivity contribution in [3.63, 3.8) is 0 Å². The normalized spacial score (nSPS) is 18.1. The van der Waals surface area contributed by atoms with Gasteiger partial charge in [-0.2, -0.15) is 0 Å². The highest BCUT2D eigenvalue weighted by atomic mass is 35.5. The molecule has 3 aromatic rings. The number of nitrogens with zero attached hydrogens (tertiary/aromatic N) is 4. The quantitative estimate of drug-likeness (QED) is 0.636. The number of rotatable bonds is 6. The minimum Gasteiger partial charge on any atom is -0.344 e. The maximum Gasteiger partial charge on any atom is 0.214 e. The lowest BCUT2D eigenvalue weighted by atomic mass is 10.0. The number of halogens is 1. The number of anilines is 1. The Morgan fingerprint density at radius 1 is 1.29 bits per heavy atom. The molecular weight excluding hydrogens is 418 g/mol. The Morgan fingerprint density at radius 2 is 2.07 bits per heavy atom. The van der Waals surface area contributed by atoms with E-state index in [-0.39, 0.29) is 6.04 Å². The van der Waals surface area contributed by atoms with E-state index in [2.05, 4.69) is 9.62 Å². The van der Waals surface area contributed by atoms with Crippen LogP contribution in [0.5, 0.6) is 0 Å². The minimum atomic E-state index is -3.16. The molecule has 1 N–H and O–H groups in total. The summed E-state index contributed by atoms with van der Waals surface area (Å²) in [7, 11) is -3.16. The Balaban J connectivity index is 1.52. The van der Waals surface area contributed by atoms with E-state index in [4.69, 9.17) is 21.7 Å². The van der Waals surface area contributed by atoms with Crippen molar-refractivity contribution in [2.75, 3.05) is 24.2 Å². The van der Waals surface area contributed by atoms with Gasteiger partial charge in [0.1, 0.15) is 0 Å². The van der Waals surface area contributed by atoms with Gasteiger partial charge in [-0.15, -0.1) is 5.10 Å². The van der Waals surface area contributed by atoms with Crippen molar-refractivity contribution in [2.45, 2.75) is 31.7 Å². The number of sulfonamides is 1. The van der Waals surface area contributed by atoms with E-state index in [1.165, 1.54) is 6.26 Å². The van der Waals surface area contributed by atoms with E-state index in [0.29, 0.717) is 11.6 Å². The molecular formula is C18H22ClN5O2S2. The molecule has 150 valence electrons. The van der Waals surface area contributed by atoms with Crippen molar-refractivity contribution < 1.29 is 8.42 Å². The standard InChI is InChI=1S/C18H22ClN5O2S2/c1-28(25,26)20-10-9-15-4-2-3-11-23(15)18-22-24-12-16(21-17(24)27-18)13-5-7-14(19)8-6-13/h5-8,12,15,20H,2-4,9-11H2,1H3. The molecule has 1 aromatic carbocycles. The summed E-state index contributed by atoms with van der Waals surface area (Å²) < 4.78 is 27.1. The van der Waals surface area contributed by atoms with Crippen LogP contribution in [0.1, 0.15) is 25.7 Å². The minimum absolute atomic E-state index is 0.287. The number of benzene rings is 1. The van der Waals surface area contributed by atoms with E-state index in [0.717, 1.165) is 53.6 Å². The third kappa shape index (κ3) is 4.48. The topological polar surface area (TPSA) is 79.6 Å².